The number of rotatable bonds is 5. The second kappa shape index (κ2) is 8.50. The summed E-state index contributed by atoms with van der Waals surface area (Å²) in [6.07, 6.45) is 11.1. The second-order valence-corrected chi connectivity index (χ2v) is 9.06. The summed E-state index contributed by atoms with van der Waals surface area (Å²) in [5.74, 6) is 2.97. The Morgan fingerprint density at radius 3 is 2.83 bits per heavy atom. The van der Waals surface area contributed by atoms with Crippen molar-refractivity contribution in [1.29, 1.82) is 0 Å². The lowest BCUT2D eigenvalue weighted by molar-refractivity contribution is 0.159. The van der Waals surface area contributed by atoms with Crippen LogP contribution in [0.5, 0.6) is 0 Å². The van der Waals surface area contributed by atoms with E-state index in [1.54, 1.807) is 6.20 Å². The van der Waals surface area contributed by atoms with Crippen LogP contribution in [-0.4, -0.2) is 60.4 Å². The van der Waals surface area contributed by atoms with Crippen LogP contribution in [-0.2, 0) is 19.6 Å². The number of likely N-dealkylation sites (tertiary alicyclic amines) is 1. The standard InChI is InChI=1S/C22H32N6O/c29-19-11-20(27(15-19)14-18-7-4-8-23-12-18)22-25-24-21-16-26(9-10-28(21)22)13-17-5-2-1-3-6-17/h4,7-8,12,17,19-20,29H,1-3,5-6,9-11,13-16H2/t19-,20+/m1/s1. The molecule has 1 saturated heterocycles. The van der Waals surface area contributed by atoms with Crippen LogP contribution in [0, 0.1) is 5.92 Å². The fourth-order valence-electron chi connectivity index (χ4n) is 5.42. The number of aromatic nitrogens is 4. The molecule has 5 rings (SSSR count). The van der Waals surface area contributed by atoms with Crippen LogP contribution in [0.25, 0.3) is 0 Å². The van der Waals surface area contributed by atoms with E-state index in [1.807, 2.05) is 12.3 Å². The minimum Gasteiger partial charge on any atom is -0.392 e. The van der Waals surface area contributed by atoms with Gasteiger partial charge in [0.05, 0.1) is 18.7 Å². The molecule has 0 aromatic carbocycles. The van der Waals surface area contributed by atoms with Crippen molar-refractivity contribution in [2.45, 2.75) is 70.3 Å². The lowest BCUT2D eigenvalue weighted by atomic mass is 9.89. The van der Waals surface area contributed by atoms with Gasteiger partial charge in [-0.3, -0.25) is 14.8 Å². The van der Waals surface area contributed by atoms with E-state index < -0.39 is 0 Å². The normalized spacial score (nSPS) is 26.7. The van der Waals surface area contributed by atoms with Crippen LogP contribution in [0.1, 0.15) is 61.8 Å². The summed E-state index contributed by atoms with van der Waals surface area (Å²) in [6.45, 7) is 5.60. The summed E-state index contributed by atoms with van der Waals surface area (Å²) in [6, 6.07) is 4.18. The van der Waals surface area contributed by atoms with Crippen molar-refractivity contribution in [2.24, 2.45) is 5.92 Å². The molecule has 0 unspecified atom stereocenters. The number of β-amino-alcohol motifs (C(OH)–C–C–N with tert-alkyl or cyclic N) is 1. The number of hydrogen-bond acceptors (Lipinski definition) is 6. The molecule has 2 atom stereocenters. The third-order valence-electron chi connectivity index (χ3n) is 6.89. The van der Waals surface area contributed by atoms with E-state index in [9.17, 15) is 5.11 Å². The number of hydrogen-bond donors (Lipinski definition) is 1. The minimum absolute atomic E-state index is 0.122. The first-order valence-electron chi connectivity index (χ1n) is 11.2. The maximum atomic E-state index is 10.4. The van der Waals surface area contributed by atoms with E-state index >= 15 is 0 Å². The number of nitrogens with zero attached hydrogens (tertiary/aromatic N) is 6. The molecule has 4 heterocycles. The van der Waals surface area contributed by atoms with Gasteiger partial charge in [0.15, 0.2) is 5.82 Å². The number of aliphatic hydroxyl groups excluding tert-OH is 1. The zero-order valence-electron chi connectivity index (χ0n) is 17.2. The van der Waals surface area contributed by atoms with Gasteiger partial charge in [0.2, 0.25) is 0 Å². The molecule has 156 valence electrons. The van der Waals surface area contributed by atoms with Crippen molar-refractivity contribution < 1.29 is 5.11 Å². The second-order valence-electron chi connectivity index (χ2n) is 9.06. The molecule has 1 N–H and O–H groups in total. The Morgan fingerprint density at radius 2 is 2.00 bits per heavy atom. The van der Waals surface area contributed by atoms with Crippen molar-refractivity contribution in [3.8, 4) is 0 Å². The number of pyridine rings is 1. The molecule has 29 heavy (non-hydrogen) atoms. The lowest BCUT2D eigenvalue weighted by Gasteiger charge is -2.33. The van der Waals surface area contributed by atoms with Crippen LogP contribution in [0.2, 0.25) is 0 Å². The highest BCUT2D eigenvalue weighted by molar-refractivity contribution is 5.12. The molecule has 2 fully saturated rings. The Balaban J connectivity index is 1.28. The average molecular weight is 397 g/mol. The molecule has 7 nitrogen and oxygen atoms in total. The molecule has 1 aliphatic carbocycles. The quantitative estimate of drug-likeness (QED) is 0.837. The van der Waals surface area contributed by atoms with Gasteiger partial charge in [-0.05, 0) is 36.8 Å². The van der Waals surface area contributed by atoms with Crippen molar-refractivity contribution in [3.05, 3.63) is 41.7 Å². The summed E-state index contributed by atoms with van der Waals surface area (Å²) in [4.78, 5) is 9.13. The highest BCUT2D eigenvalue weighted by Crippen LogP contribution is 2.34. The van der Waals surface area contributed by atoms with Crippen LogP contribution >= 0.6 is 0 Å². The van der Waals surface area contributed by atoms with Gasteiger partial charge in [-0.1, -0.05) is 25.3 Å². The maximum Gasteiger partial charge on any atom is 0.150 e. The smallest absolute Gasteiger partial charge is 0.150 e. The van der Waals surface area contributed by atoms with Crippen molar-refractivity contribution in [3.63, 3.8) is 0 Å². The van der Waals surface area contributed by atoms with Gasteiger partial charge in [-0.2, -0.15) is 0 Å². The van der Waals surface area contributed by atoms with Gasteiger partial charge in [0.1, 0.15) is 5.82 Å². The lowest BCUT2D eigenvalue weighted by Crippen LogP contribution is -2.38. The fourth-order valence-corrected chi connectivity index (χ4v) is 5.42. The van der Waals surface area contributed by atoms with Gasteiger partial charge in [-0.25, -0.2) is 0 Å². The molecule has 2 aromatic rings. The average Bonchev–Trinajstić information content (AvgIpc) is 3.32. The van der Waals surface area contributed by atoms with Gasteiger partial charge >= 0.3 is 0 Å². The van der Waals surface area contributed by atoms with Crippen LogP contribution in [0.4, 0.5) is 0 Å². The Morgan fingerprint density at radius 1 is 1.10 bits per heavy atom. The van der Waals surface area contributed by atoms with E-state index in [1.165, 1.54) is 44.2 Å². The van der Waals surface area contributed by atoms with Gasteiger partial charge in [0.25, 0.3) is 0 Å². The maximum absolute atomic E-state index is 10.4. The fraction of sp³-hybridized carbons (Fsp3) is 0.682. The predicted molar refractivity (Wildman–Crippen MR) is 110 cm³/mol. The molecular formula is C22H32N6O. The molecular weight excluding hydrogens is 364 g/mol. The Kier molecular flexibility index (Phi) is 5.61. The molecule has 0 bridgehead atoms. The van der Waals surface area contributed by atoms with Gasteiger partial charge in [0, 0.05) is 45.1 Å². The topological polar surface area (TPSA) is 70.3 Å². The Bertz CT molecular complexity index is 803. The zero-order valence-corrected chi connectivity index (χ0v) is 17.2. The monoisotopic (exact) mass is 396 g/mol. The summed E-state index contributed by atoms with van der Waals surface area (Å²) in [7, 11) is 0. The number of aliphatic hydroxyl groups is 1. The summed E-state index contributed by atoms with van der Waals surface area (Å²) >= 11 is 0. The van der Waals surface area contributed by atoms with Crippen molar-refractivity contribution in [1.82, 2.24) is 29.5 Å². The summed E-state index contributed by atoms with van der Waals surface area (Å²) in [5, 5.41) is 19.5. The highest BCUT2D eigenvalue weighted by Gasteiger charge is 2.37. The first-order chi connectivity index (χ1) is 14.3. The van der Waals surface area contributed by atoms with Crippen LogP contribution < -0.4 is 0 Å². The molecule has 0 spiro atoms. The largest absolute Gasteiger partial charge is 0.392 e. The molecule has 0 amide bonds. The Labute approximate surface area is 172 Å². The summed E-state index contributed by atoms with van der Waals surface area (Å²) < 4.78 is 2.32. The first-order valence-corrected chi connectivity index (χ1v) is 11.2. The zero-order chi connectivity index (χ0) is 19.6. The van der Waals surface area contributed by atoms with Crippen LogP contribution in [0.15, 0.2) is 24.5 Å². The van der Waals surface area contributed by atoms with Gasteiger partial charge < -0.3 is 9.67 Å². The third kappa shape index (κ3) is 4.22. The summed E-state index contributed by atoms with van der Waals surface area (Å²) in [5.41, 5.74) is 1.17. The van der Waals surface area contributed by atoms with Gasteiger partial charge in [-0.15, -0.1) is 10.2 Å². The Hall–Kier alpha value is -1.83. The predicted octanol–water partition coefficient (Wildman–Crippen LogP) is 2.38. The minimum atomic E-state index is -0.309. The molecule has 1 saturated carbocycles. The van der Waals surface area contributed by atoms with Crippen LogP contribution in [0.3, 0.4) is 0 Å². The number of fused-ring (bicyclic) bond motifs is 1. The molecule has 3 aliphatic rings. The van der Waals surface area contributed by atoms with E-state index in [0.29, 0.717) is 6.54 Å². The first kappa shape index (κ1) is 19.2. The van der Waals surface area contributed by atoms with Crippen molar-refractivity contribution >= 4 is 0 Å². The molecule has 2 aromatic heterocycles. The van der Waals surface area contributed by atoms with E-state index in [2.05, 4.69) is 35.6 Å². The SMILES string of the molecule is O[C@@H]1C[C@@H](c2nnc3n2CCN(CC2CCCCC2)C3)N(Cc2cccnc2)C1. The molecule has 2 aliphatic heterocycles. The molecule has 0 radical (unpaired) electrons. The van der Waals surface area contributed by atoms with Crippen molar-refractivity contribution in [2.75, 3.05) is 19.6 Å². The molecule has 7 heteroatoms. The van der Waals surface area contributed by atoms with E-state index in [4.69, 9.17) is 0 Å². The highest BCUT2D eigenvalue weighted by atomic mass is 16.3. The van der Waals surface area contributed by atoms with E-state index in [0.717, 1.165) is 50.2 Å². The third-order valence-corrected chi connectivity index (χ3v) is 6.89. The van der Waals surface area contributed by atoms with E-state index in [-0.39, 0.29) is 12.1 Å².